The highest BCUT2D eigenvalue weighted by Crippen LogP contribution is 2.36. The maximum atomic E-state index is 9.48. The topological polar surface area (TPSA) is 46.9 Å². The molecule has 0 unspecified atom stereocenters. The van der Waals surface area contributed by atoms with Crippen molar-refractivity contribution < 1.29 is 10.2 Å². The third-order valence-corrected chi connectivity index (χ3v) is 8.56. The highest BCUT2D eigenvalue weighted by Gasteiger charge is 2.29. The highest BCUT2D eigenvalue weighted by atomic mass is 35.5. The normalized spacial score (nSPS) is 26.1. The van der Waals surface area contributed by atoms with Crippen molar-refractivity contribution in [2.45, 2.75) is 24.7 Å². The molecule has 0 aliphatic carbocycles. The fourth-order valence-electron chi connectivity index (χ4n) is 5.16. The highest BCUT2D eigenvalue weighted by molar-refractivity contribution is 6.42. The third-order valence-electron chi connectivity index (χ3n) is 7.09. The maximum absolute atomic E-state index is 9.48. The molecule has 0 amide bonds. The first-order chi connectivity index (χ1) is 16.2. The van der Waals surface area contributed by atoms with E-state index in [9.17, 15) is 10.2 Å². The Morgan fingerprint density at radius 3 is 1.38 bits per heavy atom. The Morgan fingerprint density at radius 2 is 1.06 bits per heavy atom. The average Bonchev–Trinajstić information content (AvgIpc) is 2.83. The van der Waals surface area contributed by atoms with Crippen LogP contribution in [0.25, 0.3) is 0 Å². The molecule has 0 radical (unpaired) electrons. The Bertz CT molecular complexity index is 870. The summed E-state index contributed by atoms with van der Waals surface area (Å²) in [7, 11) is 4.18. The van der Waals surface area contributed by atoms with Gasteiger partial charge in [-0.3, -0.25) is 0 Å². The van der Waals surface area contributed by atoms with Gasteiger partial charge in [-0.1, -0.05) is 58.5 Å². The van der Waals surface area contributed by atoms with Gasteiger partial charge in [-0.25, -0.2) is 0 Å². The summed E-state index contributed by atoms with van der Waals surface area (Å²) >= 11 is 23.9. The summed E-state index contributed by atoms with van der Waals surface area (Å²) in [6.07, 6.45) is 2.11. The Balaban J connectivity index is 0.000000191. The van der Waals surface area contributed by atoms with Gasteiger partial charge in [0, 0.05) is 38.1 Å². The van der Waals surface area contributed by atoms with Crippen LogP contribution < -0.4 is 0 Å². The number of halogens is 4. The van der Waals surface area contributed by atoms with Crippen LogP contribution in [0.3, 0.4) is 0 Å². The van der Waals surface area contributed by atoms with E-state index >= 15 is 0 Å². The zero-order chi connectivity index (χ0) is 24.8. The van der Waals surface area contributed by atoms with Crippen LogP contribution in [0.5, 0.6) is 0 Å². The molecule has 34 heavy (non-hydrogen) atoms. The molecule has 2 aliphatic rings. The van der Waals surface area contributed by atoms with Crippen LogP contribution in [0.4, 0.5) is 0 Å². The van der Waals surface area contributed by atoms with E-state index in [1.807, 2.05) is 36.4 Å². The van der Waals surface area contributed by atoms with Crippen LogP contribution in [-0.2, 0) is 0 Å². The lowest BCUT2D eigenvalue weighted by atomic mass is 9.81. The van der Waals surface area contributed by atoms with Gasteiger partial charge in [0.25, 0.3) is 0 Å². The minimum Gasteiger partial charge on any atom is -0.396 e. The fourth-order valence-corrected chi connectivity index (χ4v) is 5.77. The number of hydrogen-bond acceptors (Lipinski definition) is 4. The number of aliphatic hydroxyl groups is 2. The van der Waals surface area contributed by atoms with E-state index in [2.05, 4.69) is 23.9 Å². The SMILES string of the molecule is CN1CC[C@@H](c2ccc(Cl)c(Cl)c2)[C@H](CO)C1.CN1CC[C@@H](c2ccc(Cl)c(Cl)c2)[C@H](CO)C1. The van der Waals surface area contributed by atoms with Gasteiger partial charge in [0.15, 0.2) is 0 Å². The van der Waals surface area contributed by atoms with Gasteiger partial charge in [-0.2, -0.15) is 0 Å². The van der Waals surface area contributed by atoms with Gasteiger partial charge in [-0.05, 0) is 87.3 Å². The standard InChI is InChI=1S/2C13H17Cl2NO/c2*1-16-5-4-11(10(7-16)8-17)9-2-3-12(14)13(15)6-9/h2*2-3,6,10-11,17H,4-5,7-8H2,1H3/t2*10-,11-/m00/s1. The molecular formula is C26H34Cl4N2O2. The van der Waals surface area contributed by atoms with Gasteiger partial charge < -0.3 is 20.0 Å². The number of piperidine rings is 2. The largest absolute Gasteiger partial charge is 0.396 e. The van der Waals surface area contributed by atoms with Crippen molar-refractivity contribution in [3.8, 4) is 0 Å². The lowest BCUT2D eigenvalue weighted by Gasteiger charge is -2.36. The summed E-state index contributed by atoms with van der Waals surface area (Å²) < 4.78 is 0. The second kappa shape index (κ2) is 13.1. The van der Waals surface area contributed by atoms with Crippen molar-refractivity contribution in [2.75, 3.05) is 53.5 Å². The van der Waals surface area contributed by atoms with Crippen LogP contribution in [-0.4, -0.2) is 73.5 Å². The van der Waals surface area contributed by atoms with Crippen LogP contribution in [0.1, 0.15) is 35.8 Å². The molecule has 4 nitrogen and oxygen atoms in total. The predicted molar refractivity (Wildman–Crippen MR) is 144 cm³/mol. The number of nitrogens with zero attached hydrogens (tertiary/aromatic N) is 2. The maximum Gasteiger partial charge on any atom is 0.0595 e. The third kappa shape index (κ3) is 7.24. The van der Waals surface area contributed by atoms with Crippen molar-refractivity contribution in [1.82, 2.24) is 9.80 Å². The lowest BCUT2D eigenvalue weighted by molar-refractivity contribution is 0.118. The number of aliphatic hydroxyl groups excluding tert-OH is 2. The monoisotopic (exact) mass is 546 g/mol. The van der Waals surface area contributed by atoms with E-state index in [0.29, 0.717) is 31.9 Å². The molecule has 2 saturated heterocycles. The van der Waals surface area contributed by atoms with Crippen molar-refractivity contribution in [3.63, 3.8) is 0 Å². The molecule has 188 valence electrons. The molecule has 2 N–H and O–H groups in total. The molecular weight excluding hydrogens is 514 g/mol. The minimum atomic E-state index is 0.218. The van der Waals surface area contributed by atoms with Crippen molar-refractivity contribution >= 4 is 46.4 Å². The molecule has 4 atom stereocenters. The smallest absolute Gasteiger partial charge is 0.0595 e. The Hall–Kier alpha value is -0.560. The minimum absolute atomic E-state index is 0.218. The van der Waals surface area contributed by atoms with Crippen LogP contribution in [0.15, 0.2) is 36.4 Å². The summed E-state index contributed by atoms with van der Waals surface area (Å²) in [6.45, 7) is 4.41. The summed E-state index contributed by atoms with van der Waals surface area (Å²) in [5, 5.41) is 21.3. The van der Waals surface area contributed by atoms with Crippen molar-refractivity contribution in [3.05, 3.63) is 67.6 Å². The zero-order valence-corrected chi connectivity index (χ0v) is 22.8. The van der Waals surface area contributed by atoms with E-state index in [4.69, 9.17) is 46.4 Å². The first-order valence-corrected chi connectivity index (χ1v) is 13.2. The second-order valence-electron chi connectivity index (χ2n) is 9.55. The summed E-state index contributed by atoms with van der Waals surface area (Å²) in [5.74, 6) is 1.33. The zero-order valence-electron chi connectivity index (χ0n) is 19.7. The Labute approximate surface area is 223 Å². The molecule has 4 rings (SSSR count). The first kappa shape index (κ1) is 28.0. The number of benzene rings is 2. The van der Waals surface area contributed by atoms with Crippen LogP contribution in [0.2, 0.25) is 20.1 Å². The molecule has 0 aromatic heterocycles. The fraction of sp³-hybridized carbons (Fsp3) is 0.538. The van der Waals surface area contributed by atoms with Gasteiger partial charge in [0.2, 0.25) is 0 Å². The lowest BCUT2D eigenvalue weighted by Crippen LogP contribution is -2.38. The molecule has 0 spiro atoms. The number of likely N-dealkylation sites (tertiary alicyclic amines) is 2. The number of hydrogen-bond donors (Lipinski definition) is 2. The van der Waals surface area contributed by atoms with E-state index in [-0.39, 0.29) is 25.0 Å². The van der Waals surface area contributed by atoms with Crippen molar-refractivity contribution in [1.29, 1.82) is 0 Å². The van der Waals surface area contributed by atoms with E-state index in [0.717, 1.165) is 39.0 Å². The molecule has 2 aromatic carbocycles. The van der Waals surface area contributed by atoms with Gasteiger partial charge in [0.05, 0.1) is 20.1 Å². The summed E-state index contributed by atoms with van der Waals surface area (Å²) in [6, 6.07) is 11.6. The molecule has 0 saturated carbocycles. The summed E-state index contributed by atoms with van der Waals surface area (Å²) in [5.41, 5.74) is 2.37. The quantitative estimate of drug-likeness (QED) is 0.489. The van der Waals surface area contributed by atoms with Crippen molar-refractivity contribution in [2.24, 2.45) is 11.8 Å². The van der Waals surface area contributed by atoms with E-state index < -0.39 is 0 Å². The van der Waals surface area contributed by atoms with E-state index in [1.54, 1.807) is 0 Å². The van der Waals surface area contributed by atoms with Crippen LogP contribution >= 0.6 is 46.4 Å². The number of rotatable bonds is 4. The molecule has 2 aromatic rings. The molecule has 8 heteroatoms. The second-order valence-corrected chi connectivity index (χ2v) is 11.2. The van der Waals surface area contributed by atoms with Gasteiger partial charge in [-0.15, -0.1) is 0 Å². The molecule has 2 heterocycles. The molecule has 2 aliphatic heterocycles. The average molecular weight is 548 g/mol. The van der Waals surface area contributed by atoms with Crippen LogP contribution in [0, 0.1) is 11.8 Å². The summed E-state index contributed by atoms with van der Waals surface area (Å²) in [4.78, 5) is 4.52. The Kier molecular flexibility index (Phi) is 10.8. The van der Waals surface area contributed by atoms with Gasteiger partial charge in [0.1, 0.15) is 0 Å². The molecule has 2 fully saturated rings. The first-order valence-electron chi connectivity index (χ1n) is 11.7. The predicted octanol–water partition coefficient (Wildman–Crippen LogP) is 6.04. The molecule has 0 bridgehead atoms. The van der Waals surface area contributed by atoms with E-state index in [1.165, 1.54) is 11.1 Å². The Morgan fingerprint density at radius 1 is 0.676 bits per heavy atom. The van der Waals surface area contributed by atoms with Gasteiger partial charge >= 0.3 is 0 Å².